The molecule has 0 radical (unpaired) electrons. The van der Waals surface area contributed by atoms with E-state index in [9.17, 15) is 22.4 Å². The molecule has 0 saturated carbocycles. The van der Waals surface area contributed by atoms with Gasteiger partial charge < -0.3 is 4.90 Å². The molecule has 0 aliphatic carbocycles. The summed E-state index contributed by atoms with van der Waals surface area (Å²) in [5.41, 5.74) is 0.509. The molecule has 0 N–H and O–H groups in total. The zero-order valence-electron chi connectivity index (χ0n) is 13.8. The van der Waals surface area contributed by atoms with Crippen molar-refractivity contribution in [3.8, 4) is 0 Å². The van der Waals surface area contributed by atoms with Crippen LogP contribution in [0.1, 0.15) is 5.56 Å². The van der Waals surface area contributed by atoms with Crippen molar-refractivity contribution in [3.63, 3.8) is 0 Å². The van der Waals surface area contributed by atoms with E-state index in [-0.39, 0.29) is 5.82 Å². The minimum Gasteiger partial charge on any atom is -0.369 e. The van der Waals surface area contributed by atoms with Crippen LogP contribution >= 0.6 is 0 Å². The molecule has 1 saturated heterocycles. The minimum atomic E-state index is -4.41. The van der Waals surface area contributed by atoms with Gasteiger partial charge in [-0.2, -0.15) is 13.2 Å². The first kappa shape index (κ1) is 18.2. The van der Waals surface area contributed by atoms with Gasteiger partial charge in [-0.05, 0) is 48.5 Å². The highest BCUT2D eigenvalue weighted by Gasteiger charge is 2.30. The molecule has 8 heteroatoms. The standard InChI is InChI=1S/C18H17F4N3O/c19-15-3-7-16(8-4-15)23-9-11-24(12-10-23)25(13-26)17-5-1-14(2-6-17)18(20,21)22/h1-8,13H,9-12H2. The van der Waals surface area contributed by atoms with Crippen LogP contribution in [0.15, 0.2) is 48.5 Å². The zero-order chi connectivity index (χ0) is 18.7. The minimum absolute atomic E-state index is 0.304. The highest BCUT2D eigenvalue weighted by atomic mass is 19.4. The van der Waals surface area contributed by atoms with Gasteiger partial charge in [0.05, 0.1) is 11.3 Å². The lowest BCUT2D eigenvalue weighted by Crippen LogP contribution is -2.53. The van der Waals surface area contributed by atoms with Crippen molar-refractivity contribution in [2.45, 2.75) is 6.18 Å². The van der Waals surface area contributed by atoms with Gasteiger partial charge in [-0.25, -0.2) is 14.4 Å². The van der Waals surface area contributed by atoms with Crippen LogP contribution in [0.2, 0.25) is 0 Å². The number of amides is 1. The molecule has 0 spiro atoms. The van der Waals surface area contributed by atoms with Crippen LogP contribution in [-0.2, 0) is 11.0 Å². The van der Waals surface area contributed by atoms with Crippen LogP contribution in [0.25, 0.3) is 0 Å². The summed E-state index contributed by atoms with van der Waals surface area (Å²) in [5.74, 6) is -0.304. The highest BCUT2D eigenvalue weighted by molar-refractivity contribution is 5.74. The van der Waals surface area contributed by atoms with Gasteiger partial charge in [0.25, 0.3) is 0 Å². The van der Waals surface area contributed by atoms with Gasteiger partial charge in [-0.15, -0.1) is 0 Å². The topological polar surface area (TPSA) is 26.8 Å². The summed E-state index contributed by atoms with van der Waals surface area (Å²) in [7, 11) is 0. The first-order valence-corrected chi connectivity index (χ1v) is 8.05. The number of hydrazine groups is 1. The third kappa shape index (κ3) is 3.96. The highest BCUT2D eigenvalue weighted by Crippen LogP contribution is 2.30. The van der Waals surface area contributed by atoms with Crippen LogP contribution < -0.4 is 9.91 Å². The Bertz CT molecular complexity index is 739. The second kappa shape index (κ2) is 7.33. The number of alkyl halides is 3. The first-order valence-electron chi connectivity index (χ1n) is 8.05. The Hall–Kier alpha value is -2.61. The van der Waals surface area contributed by atoms with E-state index < -0.39 is 11.7 Å². The average molecular weight is 367 g/mol. The van der Waals surface area contributed by atoms with Crippen LogP contribution in [0, 0.1) is 5.82 Å². The number of benzene rings is 2. The molecule has 0 atom stereocenters. The quantitative estimate of drug-likeness (QED) is 0.611. The second-order valence-corrected chi connectivity index (χ2v) is 5.91. The van der Waals surface area contributed by atoms with Crippen LogP contribution in [0.4, 0.5) is 28.9 Å². The molecule has 2 aromatic carbocycles. The van der Waals surface area contributed by atoms with Gasteiger partial charge >= 0.3 is 6.18 Å². The van der Waals surface area contributed by atoms with Gasteiger partial charge in [0, 0.05) is 31.9 Å². The molecule has 1 aliphatic rings. The lowest BCUT2D eigenvalue weighted by molar-refractivity contribution is -0.137. The molecular weight excluding hydrogens is 350 g/mol. The molecule has 138 valence electrons. The van der Waals surface area contributed by atoms with E-state index in [1.54, 1.807) is 17.1 Å². The number of hydrogen-bond acceptors (Lipinski definition) is 3. The molecule has 2 aromatic rings. The molecule has 1 amide bonds. The fraction of sp³-hybridized carbons (Fsp3) is 0.278. The second-order valence-electron chi connectivity index (χ2n) is 5.91. The fourth-order valence-electron chi connectivity index (χ4n) is 2.92. The number of carbonyl (C=O) groups is 1. The third-order valence-electron chi connectivity index (χ3n) is 4.31. The van der Waals surface area contributed by atoms with Crippen molar-refractivity contribution in [2.75, 3.05) is 36.1 Å². The van der Waals surface area contributed by atoms with Gasteiger partial charge in [-0.3, -0.25) is 4.79 Å². The van der Waals surface area contributed by atoms with Crippen molar-refractivity contribution in [3.05, 3.63) is 59.9 Å². The molecular formula is C18H17F4N3O. The molecule has 1 aliphatic heterocycles. The summed E-state index contributed by atoms with van der Waals surface area (Å²) in [6.45, 7) is 2.24. The van der Waals surface area contributed by atoms with Crippen molar-refractivity contribution in [1.82, 2.24) is 5.01 Å². The monoisotopic (exact) mass is 367 g/mol. The first-order chi connectivity index (χ1) is 12.4. The van der Waals surface area contributed by atoms with Crippen LogP contribution in [0.3, 0.4) is 0 Å². The largest absolute Gasteiger partial charge is 0.416 e. The van der Waals surface area contributed by atoms with Crippen molar-refractivity contribution < 1.29 is 22.4 Å². The Morgan fingerprint density at radius 2 is 1.46 bits per heavy atom. The molecule has 1 heterocycles. The van der Waals surface area contributed by atoms with E-state index in [1.165, 1.54) is 29.3 Å². The molecule has 0 unspecified atom stereocenters. The molecule has 1 fully saturated rings. The van der Waals surface area contributed by atoms with Crippen LogP contribution in [-0.4, -0.2) is 37.6 Å². The third-order valence-corrected chi connectivity index (χ3v) is 4.31. The summed E-state index contributed by atoms with van der Waals surface area (Å²) in [5, 5.41) is 3.10. The van der Waals surface area contributed by atoms with E-state index >= 15 is 0 Å². The van der Waals surface area contributed by atoms with Crippen molar-refractivity contribution >= 4 is 17.8 Å². The Morgan fingerprint density at radius 1 is 0.885 bits per heavy atom. The van der Waals surface area contributed by atoms with Gasteiger partial charge in [0.15, 0.2) is 0 Å². The van der Waals surface area contributed by atoms with Gasteiger partial charge in [0.1, 0.15) is 5.82 Å². The van der Waals surface area contributed by atoms with Gasteiger partial charge in [-0.1, -0.05) is 0 Å². The number of anilines is 2. The SMILES string of the molecule is O=CN(c1ccc(C(F)(F)F)cc1)N1CCN(c2ccc(F)cc2)CC1. The predicted octanol–water partition coefficient (Wildman–Crippen LogP) is 3.54. The lowest BCUT2D eigenvalue weighted by atomic mass is 10.2. The Labute approximate surface area is 148 Å². The molecule has 0 bridgehead atoms. The van der Waals surface area contributed by atoms with E-state index in [2.05, 4.69) is 4.90 Å². The van der Waals surface area contributed by atoms with Crippen molar-refractivity contribution in [1.29, 1.82) is 0 Å². The smallest absolute Gasteiger partial charge is 0.369 e. The maximum Gasteiger partial charge on any atom is 0.416 e. The summed E-state index contributed by atoms with van der Waals surface area (Å²) in [6, 6.07) is 10.6. The number of nitrogens with zero attached hydrogens (tertiary/aromatic N) is 3. The summed E-state index contributed by atoms with van der Waals surface area (Å²) in [4.78, 5) is 13.5. The summed E-state index contributed by atoms with van der Waals surface area (Å²) >= 11 is 0. The molecule has 26 heavy (non-hydrogen) atoms. The van der Waals surface area contributed by atoms with E-state index in [0.717, 1.165) is 17.8 Å². The summed E-state index contributed by atoms with van der Waals surface area (Å²) < 4.78 is 51.0. The molecule has 0 aromatic heterocycles. The number of hydrogen-bond donors (Lipinski definition) is 0. The Balaban J connectivity index is 1.67. The maximum absolute atomic E-state index is 13.0. The number of piperazine rings is 1. The van der Waals surface area contributed by atoms with Gasteiger partial charge in [0.2, 0.25) is 6.41 Å². The lowest BCUT2D eigenvalue weighted by Gasteiger charge is -2.40. The van der Waals surface area contributed by atoms with Crippen molar-refractivity contribution in [2.24, 2.45) is 0 Å². The molecule has 3 rings (SSSR count). The summed E-state index contributed by atoms with van der Waals surface area (Å²) in [6.07, 6.45) is -3.82. The zero-order valence-corrected chi connectivity index (χ0v) is 13.8. The fourth-order valence-corrected chi connectivity index (χ4v) is 2.92. The van der Waals surface area contributed by atoms with E-state index in [4.69, 9.17) is 0 Å². The maximum atomic E-state index is 13.0. The van der Waals surface area contributed by atoms with E-state index in [1.807, 2.05) is 0 Å². The number of rotatable bonds is 4. The van der Waals surface area contributed by atoms with E-state index in [0.29, 0.717) is 38.3 Å². The Morgan fingerprint density at radius 3 is 1.96 bits per heavy atom. The Kier molecular flexibility index (Phi) is 5.13. The average Bonchev–Trinajstić information content (AvgIpc) is 2.63. The molecule has 4 nitrogen and oxygen atoms in total. The normalized spacial score (nSPS) is 15.8. The van der Waals surface area contributed by atoms with Crippen LogP contribution in [0.5, 0.6) is 0 Å². The number of carbonyl (C=O) groups excluding carboxylic acids is 1. The predicted molar refractivity (Wildman–Crippen MR) is 90.2 cm³/mol. The number of halogens is 4.